The Balaban J connectivity index is 1.71. The van der Waals surface area contributed by atoms with E-state index >= 15 is 0 Å². The molecule has 6 nitrogen and oxygen atoms in total. The summed E-state index contributed by atoms with van der Waals surface area (Å²) in [7, 11) is 0. The highest BCUT2D eigenvalue weighted by Crippen LogP contribution is 2.29. The number of nitrogens with zero attached hydrogens (tertiary/aromatic N) is 1. The maximum absolute atomic E-state index is 13.5. The van der Waals surface area contributed by atoms with E-state index in [1.165, 1.54) is 6.42 Å². The highest BCUT2D eigenvalue weighted by atomic mass is 35.5. The minimum atomic E-state index is -0.575. The van der Waals surface area contributed by atoms with Gasteiger partial charge in [0, 0.05) is 24.0 Å². The van der Waals surface area contributed by atoms with Gasteiger partial charge in [-0.1, -0.05) is 49.1 Å². The third-order valence-electron chi connectivity index (χ3n) is 6.62. The summed E-state index contributed by atoms with van der Waals surface area (Å²) in [6.45, 7) is 7.12. The molecule has 0 bridgehead atoms. The summed E-state index contributed by atoms with van der Waals surface area (Å²) in [4.78, 5) is 28.3. The molecular formula is C29H39ClN2O4. The fraction of sp³-hybridized carbons (Fsp3) is 0.517. The molecule has 2 aromatic rings. The number of aryl methyl sites for hydroxylation is 1. The van der Waals surface area contributed by atoms with Gasteiger partial charge in [-0.05, 0) is 75.4 Å². The van der Waals surface area contributed by atoms with Crippen LogP contribution in [0.25, 0.3) is 0 Å². The number of carbonyl (C=O) groups is 2. The monoisotopic (exact) mass is 514 g/mol. The molecule has 1 saturated carbocycles. The molecular weight excluding hydrogens is 476 g/mol. The zero-order chi connectivity index (χ0) is 25.9. The average Bonchev–Trinajstić information content (AvgIpc) is 2.88. The van der Waals surface area contributed by atoms with Gasteiger partial charge in [0.2, 0.25) is 11.8 Å². The number of amides is 2. The van der Waals surface area contributed by atoms with Gasteiger partial charge >= 0.3 is 0 Å². The topological polar surface area (TPSA) is 67.9 Å². The van der Waals surface area contributed by atoms with Crippen molar-refractivity contribution in [1.82, 2.24) is 10.2 Å². The largest absolute Gasteiger partial charge is 0.490 e. The molecule has 2 amide bonds. The van der Waals surface area contributed by atoms with E-state index in [9.17, 15) is 9.59 Å². The number of hydrogen-bond donors (Lipinski definition) is 1. The van der Waals surface area contributed by atoms with Crippen LogP contribution in [0.15, 0.2) is 42.5 Å². The standard InChI is InChI=1S/C29H39ClN2O4/c1-4-35-26-17-13-22(19-27(26)36-5-2)14-18-28(33)32(20-23-11-15-24(30)16-12-23)21(3)29(34)31-25-9-7-6-8-10-25/h11-13,15-17,19,21,25H,4-10,14,18,20H2,1-3H3,(H,31,34)/t21-/m0/s1. The zero-order valence-corrected chi connectivity index (χ0v) is 22.5. The Morgan fingerprint density at radius 3 is 2.28 bits per heavy atom. The maximum Gasteiger partial charge on any atom is 0.242 e. The molecule has 1 fully saturated rings. The fourth-order valence-corrected chi connectivity index (χ4v) is 4.71. The van der Waals surface area contributed by atoms with Crippen molar-refractivity contribution in [3.63, 3.8) is 0 Å². The van der Waals surface area contributed by atoms with Crippen LogP contribution in [0, 0.1) is 0 Å². The van der Waals surface area contributed by atoms with Crippen LogP contribution in [0.3, 0.4) is 0 Å². The van der Waals surface area contributed by atoms with Crippen molar-refractivity contribution in [2.45, 2.75) is 84.3 Å². The van der Waals surface area contributed by atoms with Gasteiger partial charge < -0.3 is 19.7 Å². The van der Waals surface area contributed by atoms with Crippen molar-refractivity contribution in [2.24, 2.45) is 0 Å². The quantitative estimate of drug-likeness (QED) is 0.381. The molecule has 196 valence electrons. The van der Waals surface area contributed by atoms with Gasteiger partial charge in [0.25, 0.3) is 0 Å². The van der Waals surface area contributed by atoms with Gasteiger partial charge in [0.1, 0.15) is 6.04 Å². The Hall–Kier alpha value is -2.73. The van der Waals surface area contributed by atoms with Crippen LogP contribution < -0.4 is 14.8 Å². The molecule has 1 N–H and O–H groups in total. The SMILES string of the molecule is CCOc1ccc(CCC(=O)N(Cc2ccc(Cl)cc2)[C@@H](C)C(=O)NC2CCCCC2)cc1OCC. The van der Waals surface area contributed by atoms with Crippen LogP contribution in [0.4, 0.5) is 0 Å². The summed E-state index contributed by atoms with van der Waals surface area (Å²) in [5.41, 5.74) is 1.92. The lowest BCUT2D eigenvalue weighted by Crippen LogP contribution is -2.50. The molecule has 36 heavy (non-hydrogen) atoms. The molecule has 7 heteroatoms. The molecule has 3 rings (SSSR count). The van der Waals surface area contributed by atoms with E-state index in [2.05, 4.69) is 5.32 Å². The van der Waals surface area contributed by atoms with E-state index in [1.807, 2.05) is 63.2 Å². The third kappa shape index (κ3) is 8.16. The second-order valence-electron chi connectivity index (χ2n) is 9.31. The molecule has 0 heterocycles. The number of rotatable bonds is 12. The fourth-order valence-electron chi connectivity index (χ4n) is 4.58. The minimum absolute atomic E-state index is 0.0666. The Morgan fingerprint density at radius 1 is 0.972 bits per heavy atom. The summed E-state index contributed by atoms with van der Waals surface area (Å²) < 4.78 is 11.4. The van der Waals surface area contributed by atoms with Crippen LogP contribution in [0.5, 0.6) is 11.5 Å². The summed E-state index contributed by atoms with van der Waals surface area (Å²) in [5.74, 6) is 1.22. The third-order valence-corrected chi connectivity index (χ3v) is 6.87. The first-order chi connectivity index (χ1) is 17.4. The highest BCUT2D eigenvalue weighted by molar-refractivity contribution is 6.30. The molecule has 1 atom stereocenters. The normalized spacial score (nSPS) is 14.7. The van der Waals surface area contributed by atoms with Gasteiger partial charge in [-0.15, -0.1) is 0 Å². The first-order valence-corrected chi connectivity index (χ1v) is 13.5. The lowest BCUT2D eigenvalue weighted by Gasteiger charge is -2.31. The minimum Gasteiger partial charge on any atom is -0.490 e. The summed E-state index contributed by atoms with van der Waals surface area (Å²) in [5, 5.41) is 3.82. The van der Waals surface area contributed by atoms with Crippen molar-refractivity contribution in [3.8, 4) is 11.5 Å². The van der Waals surface area contributed by atoms with Crippen molar-refractivity contribution < 1.29 is 19.1 Å². The Labute approximate surface area is 220 Å². The first-order valence-electron chi connectivity index (χ1n) is 13.1. The summed E-state index contributed by atoms with van der Waals surface area (Å²) >= 11 is 6.05. The van der Waals surface area contributed by atoms with Crippen molar-refractivity contribution in [1.29, 1.82) is 0 Å². The molecule has 2 aromatic carbocycles. The number of hydrogen-bond acceptors (Lipinski definition) is 4. The molecule has 0 aromatic heterocycles. The second-order valence-corrected chi connectivity index (χ2v) is 9.75. The number of carbonyl (C=O) groups excluding carboxylic acids is 2. The second kappa shape index (κ2) is 14.1. The Morgan fingerprint density at radius 2 is 1.61 bits per heavy atom. The van der Waals surface area contributed by atoms with E-state index < -0.39 is 6.04 Å². The van der Waals surface area contributed by atoms with Crippen LogP contribution in [0.1, 0.15) is 70.4 Å². The van der Waals surface area contributed by atoms with Crippen molar-refractivity contribution in [2.75, 3.05) is 13.2 Å². The van der Waals surface area contributed by atoms with Gasteiger partial charge in [-0.3, -0.25) is 9.59 Å². The molecule has 1 aliphatic carbocycles. The van der Waals surface area contributed by atoms with Crippen LogP contribution >= 0.6 is 11.6 Å². The molecule has 0 saturated heterocycles. The molecule has 0 unspecified atom stereocenters. The van der Waals surface area contributed by atoms with Crippen LogP contribution in [0.2, 0.25) is 5.02 Å². The van der Waals surface area contributed by atoms with E-state index in [0.717, 1.165) is 36.8 Å². The molecule has 1 aliphatic rings. The number of ether oxygens (including phenoxy) is 2. The lowest BCUT2D eigenvalue weighted by molar-refractivity contribution is -0.141. The molecule has 0 aliphatic heterocycles. The molecule has 0 spiro atoms. The Bertz CT molecular complexity index is 989. The van der Waals surface area contributed by atoms with Crippen LogP contribution in [-0.2, 0) is 22.6 Å². The van der Waals surface area contributed by atoms with E-state index in [0.29, 0.717) is 42.7 Å². The van der Waals surface area contributed by atoms with Crippen molar-refractivity contribution in [3.05, 3.63) is 58.6 Å². The number of halogens is 1. The van der Waals surface area contributed by atoms with Gasteiger partial charge in [-0.2, -0.15) is 0 Å². The maximum atomic E-state index is 13.5. The average molecular weight is 515 g/mol. The number of benzene rings is 2. The van der Waals surface area contributed by atoms with E-state index in [1.54, 1.807) is 4.90 Å². The summed E-state index contributed by atoms with van der Waals surface area (Å²) in [6.07, 6.45) is 6.33. The smallest absolute Gasteiger partial charge is 0.242 e. The van der Waals surface area contributed by atoms with E-state index in [-0.39, 0.29) is 24.3 Å². The molecule has 0 radical (unpaired) electrons. The van der Waals surface area contributed by atoms with E-state index in [4.69, 9.17) is 21.1 Å². The first kappa shape index (κ1) is 27.9. The summed E-state index contributed by atoms with van der Waals surface area (Å²) in [6, 6.07) is 12.8. The van der Waals surface area contributed by atoms with Crippen molar-refractivity contribution >= 4 is 23.4 Å². The lowest BCUT2D eigenvalue weighted by atomic mass is 9.95. The van der Waals surface area contributed by atoms with Gasteiger partial charge in [0.05, 0.1) is 13.2 Å². The predicted molar refractivity (Wildman–Crippen MR) is 144 cm³/mol. The van der Waals surface area contributed by atoms with Gasteiger partial charge in [-0.25, -0.2) is 0 Å². The number of nitrogens with one attached hydrogen (secondary N) is 1. The van der Waals surface area contributed by atoms with Gasteiger partial charge in [0.15, 0.2) is 11.5 Å². The predicted octanol–water partition coefficient (Wildman–Crippen LogP) is 5.94. The highest BCUT2D eigenvalue weighted by Gasteiger charge is 2.28. The zero-order valence-electron chi connectivity index (χ0n) is 21.7. The Kier molecular flexibility index (Phi) is 10.9. The van der Waals surface area contributed by atoms with Crippen LogP contribution in [-0.4, -0.2) is 42.0 Å².